The number of carbonyl (C=O) groups is 1. The molecular weight excluding hydrogens is 277 g/mol. The van der Waals surface area contributed by atoms with Gasteiger partial charge >= 0.3 is 0 Å². The van der Waals surface area contributed by atoms with Gasteiger partial charge in [0, 0.05) is 15.7 Å². The minimum Gasteiger partial charge on any atom is -0.326 e. The fraction of sp³-hybridized carbons (Fsp3) is 0.100. The lowest BCUT2D eigenvalue weighted by atomic mass is 10.3. The molecule has 1 rings (SSSR count). The fourth-order valence-corrected chi connectivity index (χ4v) is 1.45. The van der Waals surface area contributed by atoms with Crippen LogP contribution in [-0.2, 0) is 4.79 Å². The van der Waals surface area contributed by atoms with Crippen molar-refractivity contribution in [3.63, 3.8) is 0 Å². The molecule has 0 bridgehead atoms. The molecule has 1 amide bonds. The Morgan fingerprint density at radius 3 is 3.00 bits per heavy atom. The first kappa shape index (κ1) is 10.2. The number of hydrogen-bond acceptors (Lipinski definition) is 1. The van der Waals surface area contributed by atoms with E-state index in [0.29, 0.717) is 6.42 Å². The highest BCUT2D eigenvalue weighted by Crippen LogP contribution is 2.12. The van der Waals surface area contributed by atoms with Crippen molar-refractivity contribution in [3.8, 4) is 0 Å². The minimum absolute atomic E-state index is 0.0306. The summed E-state index contributed by atoms with van der Waals surface area (Å²) in [6, 6.07) is 7.67. The van der Waals surface area contributed by atoms with Crippen molar-refractivity contribution in [1.29, 1.82) is 0 Å². The number of benzene rings is 1. The number of nitrogens with one attached hydrogen (secondary N) is 1. The molecule has 1 N–H and O–H groups in total. The van der Waals surface area contributed by atoms with E-state index < -0.39 is 0 Å². The molecule has 1 aromatic rings. The third kappa shape index (κ3) is 3.59. The molecule has 0 radical (unpaired) electrons. The van der Waals surface area contributed by atoms with E-state index in [1.165, 1.54) is 0 Å². The average Bonchev–Trinajstić information content (AvgIpc) is 2.04. The summed E-state index contributed by atoms with van der Waals surface area (Å²) >= 11 is 2.20. The van der Waals surface area contributed by atoms with Crippen LogP contribution in [0.25, 0.3) is 0 Å². The summed E-state index contributed by atoms with van der Waals surface area (Å²) in [6.45, 7) is 3.50. The van der Waals surface area contributed by atoms with Gasteiger partial charge in [0.2, 0.25) is 5.91 Å². The molecule has 0 unspecified atom stereocenters. The first-order chi connectivity index (χ1) is 6.22. The van der Waals surface area contributed by atoms with E-state index in [9.17, 15) is 4.79 Å². The number of rotatable bonds is 3. The van der Waals surface area contributed by atoms with Crippen LogP contribution >= 0.6 is 22.6 Å². The summed E-state index contributed by atoms with van der Waals surface area (Å²) in [5.41, 5.74) is 0.832. The maximum Gasteiger partial charge on any atom is 0.228 e. The summed E-state index contributed by atoms with van der Waals surface area (Å²) in [6.07, 6.45) is 1.94. The molecule has 0 saturated carbocycles. The van der Waals surface area contributed by atoms with Gasteiger partial charge in [0.15, 0.2) is 0 Å². The Bertz CT molecular complexity index is 322. The maximum atomic E-state index is 11.1. The van der Waals surface area contributed by atoms with Gasteiger partial charge in [-0.2, -0.15) is 0 Å². The lowest BCUT2D eigenvalue weighted by Gasteiger charge is -2.02. The van der Waals surface area contributed by atoms with Gasteiger partial charge in [-0.15, -0.1) is 6.58 Å². The van der Waals surface area contributed by atoms with E-state index in [0.717, 1.165) is 9.26 Å². The first-order valence-corrected chi connectivity index (χ1v) is 4.96. The molecule has 0 heterocycles. The van der Waals surface area contributed by atoms with Crippen LogP contribution in [0, 0.1) is 3.57 Å². The smallest absolute Gasteiger partial charge is 0.228 e. The molecule has 2 nitrogen and oxygen atoms in total. The van der Waals surface area contributed by atoms with Crippen LogP contribution < -0.4 is 5.32 Å². The Balaban J connectivity index is 2.63. The largest absolute Gasteiger partial charge is 0.326 e. The van der Waals surface area contributed by atoms with Crippen LogP contribution in [-0.4, -0.2) is 5.91 Å². The highest BCUT2D eigenvalue weighted by molar-refractivity contribution is 14.1. The van der Waals surface area contributed by atoms with E-state index in [1.807, 2.05) is 24.3 Å². The predicted octanol–water partition coefficient (Wildman–Crippen LogP) is 2.81. The van der Waals surface area contributed by atoms with Crippen LogP contribution in [0.3, 0.4) is 0 Å². The zero-order valence-corrected chi connectivity index (χ0v) is 9.24. The quantitative estimate of drug-likeness (QED) is 0.672. The molecule has 3 heteroatoms. The topological polar surface area (TPSA) is 29.1 Å². The minimum atomic E-state index is -0.0306. The number of anilines is 1. The fourth-order valence-electron chi connectivity index (χ4n) is 0.909. The lowest BCUT2D eigenvalue weighted by Crippen LogP contribution is -2.09. The van der Waals surface area contributed by atoms with Gasteiger partial charge in [0.1, 0.15) is 0 Å². The maximum absolute atomic E-state index is 11.1. The summed E-state index contributed by atoms with van der Waals surface area (Å²) < 4.78 is 1.11. The molecule has 0 spiro atoms. The molecule has 1 aromatic carbocycles. The van der Waals surface area contributed by atoms with Gasteiger partial charge in [-0.1, -0.05) is 12.1 Å². The van der Waals surface area contributed by atoms with E-state index >= 15 is 0 Å². The average molecular weight is 287 g/mol. The van der Waals surface area contributed by atoms with Gasteiger partial charge in [-0.05, 0) is 40.8 Å². The predicted molar refractivity (Wildman–Crippen MR) is 62.6 cm³/mol. The monoisotopic (exact) mass is 287 g/mol. The van der Waals surface area contributed by atoms with Crippen LogP contribution in [0.1, 0.15) is 6.42 Å². The van der Waals surface area contributed by atoms with Gasteiger partial charge < -0.3 is 5.32 Å². The SMILES string of the molecule is C=CCC(=O)Nc1cccc(I)c1. The zero-order chi connectivity index (χ0) is 9.68. The van der Waals surface area contributed by atoms with E-state index in [-0.39, 0.29) is 5.91 Å². The second-order valence-electron chi connectivity index (χ2n) is 2.55. The highest BCUT2D eigenvalue weighted by atomic mass is 127. The van der Waals surface area contributed by atoms with Crippen molar-refractivity contribution < 1.29 is 4.79 Å². The van der Waals surface area contributed by atoms with Gasteiger partial charge in [0.05, 0.1) is 0 Å². The third-order valence-corrected chi connectivity index (χ3v) is 2.11. The van der Waals surface area contributed by atoms with Crippen molar-refractivity contribution in [2.24, 2.45) is 0 Å². The van der Waals surface area contributed by atoms with Gasteiger partial charge in [-0.3, -0.25) is 4.79 Å². The summed E-state index contributed by atoms with van der Waals surface area (Å²) in [7, 11) is 0. The first-order valence-electron chi connectivity index (χ1n) is 3.88. The Morgan fingerprint density at radius 1 is 1.62 bits per heavy atom. The zero-order valence-electron chi connectivity index (χ0n) is 7.09. The Hall–Kier alpha value is -0.840. The Kier molecular flexibility index (Phi) is 3.95. The normalized spacial score (nSPS) is 9.31. The third-order valence-electron chi connectivity index (χ3n) is 1.44. The lowest BCUT2D eigenvalue weighted by molar-refractivity contribution is -0.115. The number of amides is 1. The van der Waals surface area contributed by atoms with Crippen molar-refractivity contribution in [2.75, 3.05) is 5.32 Å². The van der Waals surface area contributed by atoms with Crippen molar-refractivity contribution >= 4 is 34.2 Å². The highest BCUT2D eigenvalue weighted by Gasteiger charge is 1.98. The molecule has 0 aliphatic rings. The van der Waals surface area contributed by atoms with E-state index in [1.54, 1.807) is 6.08 Å². The summed E-state index contributed by atoms with van der Waals surface area (Å²) in [5.74, 6) is -0.0306. The van der Waals surface area contributed by atoms with E-state index in [4.69, 9.17) is 0 Å². The molecule has 0 fully saturated rings. The molecule has 0 saturated heterocycles. The van der Waals surface area contributed by atoms with Gasteiger partial charge in [-0.25, -0.2) is 0 Å². The number of carbonyl (C=O) groups excluding carboxylic acids is 1. The van der Waals surface area contributed by atoms with Crippen LogP contribution in [0.4, 0.5) is 5.69 Å². The van der Waals surface area contributed by atoms with Crippen LogP contribution in [0.15, 0.2) is 36.9 Å². The van der Waals surface area contributed by atoms with Crippen LogP contribution in [0.5, 0.6) is 0 Å². The Morgan fingerprint density at radius 2 is 2.38 bits per heavy atom. The molecule has 0 aliphatic carbocycles. The van der Waals surface area contributed by atoms with Crippen molar-refractivity contribution in [3.05, 3.63) is 40.5 Å². The van der Waals surface area contributed by atoms with Crippen molar-refractivity contribution in [2.45, 2.75) is 6.42 Å². The second-order valence-corrected chi connectivity index (χ2v) is 3.80. The standard InChI is InChI=1S/C10H10INO/c1-2-4-10(13)12-9-6-3-5-8(11)7-9/h2-3,5-7H,1,4H2,(H,12,13). The van der Waals surface area contributed by atoms with Gasteiger partial charge in [0.25, 0.3) is 0 Å². The molecule has 0 atom stereocenters. The number of hydrogen-bond donors (Lipinski definition) is 1. The summed E-state index contributed by atoms with van der Waals surface area (Å²) in [4.78, 5) is 11.1. The van der Waals surface area contributed by atoms with E-state index in [2.05, 4.69) is 34.5 Å². The molecule has 0 aliphatic heterocycles. The molecule has 13 heavy (non-hydrogen) atoms. The molecule has 0 aromatic heterocycles. The van der Waals surface area contributed by atoms with Crippen molar-refractivity contribution in [1.82, 2.24) is 0 Å². The molecular formula is C10H10INO. The van der Waals surface area contributed by atoms with Crippen LogP contribution in [0.2, 0.25) is 0 Å². The summed E-state index contributed by atoms with van der Waals surface area (Å²) in [5, 5.41) is 2.77. The Labute approximate surface area is 91.2 Å². The molecule has 68 valence electrons. The second kappa shape index (κ2) is 5.01. The number of halogens is 1.